The lowest BCUT2D eigenvalue weighted by atomic mass is 10.1. The molecule has 0 fully saturated rings. The smallest absolute Gasteiger partial charge is 0.129 e. The first-order chi connectivity index (χ1) is 5.65. The highest BCUT2D eigenvalue weighted by Gasteiger charge is 2.08. The quantitative estimate of drug-likeness (QED) is 0.771. The van der Waals surface area contributed by atoms with Crippen LogP contribution in [0.4, 0.5) is 4.39 Å². The molecule has 0 spiro atoms. The van der Waals surface area contributed by atoms with E-state index in [9.17, 15) is 4.39 Å². The molecule has 0 heterocycles. The molecule has 0 aliphatic heterocycles. The Morgan fingerprint density at radius 2 is 2.25 bits per heavy atom. The minimum absolute atomic E-state index is 0.335. The first-order valence-corrected chi connectivity index (χ1v) is 4.29. The van der Waals surface area contributed by atoms with Gasteiger partial charge in [0.25, 0.3) is 0 Å². The fourth-order valence-electron chi connectivity index (χ4n) is 0.922. The van der Waals surface area contributed by atoms with E-state index in [0.29, 0.717) is 10.0 Å². The van der Waals surface area contributed by atoms with E-state index >= 15 is 0 Å². The zero-order chi connectivity index (χ0) is 9.14. The molecule has 1 aromatic rings. The monoisotopic (exact) mass is 233 g/mol. The Balaban J connectivity index is 3.01. The van der Waals surface area contributed by atoms with Gasteiger partial charge in [-0.3, -0.25) is 0 Å². The van der Waals surface area contributed by atoms with Crippen molar-refractivity contribution in [1.29, 1.82) is 0 Å². The molecule has 2 nitrogen and oxygen atoms in total. The largest absolute Gasteiger partial charge is 0.316 e. The van der Waals surface area contributed by atoms with Crippen molar-refractivity contribution in [2.75, 3.05) is 0 Å². The summed E-state index contributed by atoms with van der Waals surface area (Å²) in [4.78, 5) is 0. The molecule has 12 heavy (non-hydrogen) atoms. The van der Waals surface area contributed by atoms with Crippen LogP contribution >= 0.6 is 15.9 Å². The van der Waals surface area contributed by atoms with Crippen molar-refractivity contribution in [1.82, 2.24) is 5.48 Å². The molecule has 0 amide bonds. The average Bonchev–Trinajstić information content (AvgIpc) is 2.03. The Bertz CT molecular complexity index is 280. The Kier molecular flexibility index (Phi) is 3.20. The van der Waals surface area contributed by atoms with Crippen LogP contribution in [-0.2, 0) is 0 Å². The summed E-state index contributed by atoms with van der Waals surface area (Å²) in [6.07, 6.45) is 0. The summed E-state index contributed by atoms with van der Waals surface area (Å²) in [6, 6.07) is 4.32. The lowest BCUT2D eigenvalue weighted by molar-refractivity contribution is 0.132. The molecule has 66 valence electrons. The maximum Gasteiger partial charge on any atom is 0.129 e. The summed E-state index contributed by atoms with van der Waals surface area (Å²) in [5.74, 6) is -0.335. The van der Waals surface area contributed by atoms with Gasteiger partial charge in [0.05, 0.1) is 6.04 Å². The summed E-state index contributed by atoms with van der Waals surface area (Å²) in [6.45, 7) is 1.67. The molecular weight excluding hydrogens is 225 g/mol. The first kappa shape index (κ1) is 9.64. The molecule has 0 bridgehead atoms. The highest BCUT2D eigenvalue weighted by molar-refractivity contribution is 9.10. The SMILES string of the molecule is C[C@H](NO)c1ccc(Br)cc1F. The maximum absolute atomic E-state index is 13.1. The number of halogens is 2. The van der Waals surface area contributed by atoms with E-state index in [1.807, 2.05) is 5.48 Å². The summed E-state index contributed by atoms with van der Waals surface area (Å²) < 4.78 is 13.8. The number of hydroxylamine groups is 1. The van der Waals surface area contributed by atoms with E-state index in [0.717, 1.165) is 0 Å². The molecule has 0 saturated heterocycles. The van der Waals surface area contributed by atoms with Gasteiger partial charge in [-0.25, -0.2) is 4.39 Å². The minimum atomic E-state index is -0.391. The van der Waals surface area contributed by atoms with Crippen molar-refractivity contribution in [2.24, 2.45) is 0 Å². The van der Waals surface area contributed by atoms with Gasteiger partial charge in [-0.2, -0.15) is 5.48 Å². The molecule has 1 rings (SSSR count). The molecule has 0 aromatic heterocycles. The molecule has 0 aliphatic carbocycles. The van der Waals surface area contributed by atoms with Crippen LogP contribution in [0.3, 0.4) is 0 Å². The third-order valence-electron chi connectivity index (χ3n) is 1.62. The summed E-state index contributed by atoms with van der Waals surface area (Å²) >= 11 is 3.14. The Morgan fingerprint density at radius 1 is 1.58 bits per heavy atom. The van der Waals surface area contributed by atoms with Crippen LogP contribution in [0.15, 0.2) is 22.7 Å². The third kappa shape index (κ3) is 2.03. The van der Waals surface area contributed by atoms with E-state index in [4.69, 9.17) is 5.21 Å². The van der Waals surface area contributed by atoms with Gasteiger partial charge in [0.1, 0.15) is 5.82 Å². The van der Waals surface area contributed by atoms with Crippen LogP contribution in [-0.4, -0.2) is 5.21 Å². The van der Waals surface area contributed by atoms with Crippen LogP contribution in [0.25, 0.3) is 0 Å². The summed E-state index contributed by atoms with van der Waals surface area (Å²) in [5.41, 5.74) is 2.43. The zero-order valence-corrected chi connectivity index (χ0v) is 8.10. The van der Waals surface area contributed by atoms with Gasteiger partial charge in [-0.15, -0.1) is 0 Å². The summed E-state index contributed by atoms with van der Waals surface area (Å²) in [5, 5.41) is 8.55. The normalized spacial score (nSPS) is 13.0. The van der Waals surface area contributed by atoms with Crippen molar-refractivity contribution >= 4 is 15.9 Å². The van der Waals surface area contributed by atoms with Gasteiger partial charge in [0, 0.05) is 10.0 Å². The van der Waals surface area contributed by atoms with Gasteiger partial charge in [0.2, 0.25) is 0 Å². The van der Waals surface area contributed by atoms with Crippen LogP contribution in [0.2, 0.25) is 0 Å². The van der Waals surface area contributed by atoms with E-state index in [2.05, 4.69) is 15.9 Å². The molecule has 1 atom stereocenters. The molecule has 0 aliphatic rings. The number of hydrogen-bond acceptors (Lipinski definition) is 2. The summed E-state index contributed by atoms with van der Waals surface area (Å²) in [7, 11) is 0. The molecule has 1 aromatic carbocycles. The van der Waals surface area contributed by atoms with E-state index in [1.54, 1.807) is 19.1 Å². The maximum atomic E-state index is 13.1. The van der Waals surface area contributed by atoms with Gasteiger partial charge >= 0.3 is 0 Å². The predicted octanol–water partition coefficient (Wildman–Crippen LogP) is 2.63. The van der Waals surface area contributed by atoms with E-state index in [1.165, 1.54) is 6.07 Å². The van der Waals surface area contributed by atoms with Crippen LogP contribution in [0.5, 0.6) is 0 Å². The van der Waals surface area contributed by atoms with Gasteiger partial charge in [-0.1, -0.05) is 22.0 Å². The molecule has 4 heteroatoms. The van der Waals surface area contributed by atoms with Crippen molar-refractivity contribution < 1.29 is 9.60 Å². The lowest BCUT2D eigenvalue weighted by Gasteiger charge is -2.09. The topological polar surface area (TPSA) is 32.3 Å². The number of benzene rings is 1. The first-order valence-electron chi connectivity index (χ1n) is 3.49. The minimum Gasteiger partial charge on any atom is -0.316 e. The van der Waals surface area contributed by atoms with Crippen molar-refractivity contribution in [3.63, 3.8) is 0 Å². The highest BCUT2D eigenvalue weighted by atomic mass is 79.9. The second-order valence-electron chi connectivity index (χ2n) is 2.52. The average molecular weight is 234 g/mol. The van der Waals surface area contributed by atoms with E-state index < -0.39 is 6.04 Å². The van der Waals surface area contributed by atoms with Gasteiger partial charge in [-0.05, 0) is 19.1 Å². The molecule has 0 unspecified atom stereocenters. The van der Waals surface area contributed by atoms with Crippen molar-refractivity contribution in [2.45, 2.75) is 13.0 Å². The fraction of sp³-hybridized carbons (Fsp3) is 0.250. The second-order valence-corrected chi connectivity index (χ2v) is 3.43. The molecule has 2 N–H and O–H groups in total. The van der Waals surface area contributed by atoms with E-state index in [-0.39, 0.29) is 5.82 Å². The van der Waals surface area contributed by atoms with Crippen molar-refractivity contribution in [3.05, 3.63) is 34.1 Å². The van der Waals surface area contributed by atoms with Crippen LogP contribution in [0, 0.1) is 5.82 Å². The Hall–Kier alpha value is -0.450. The molecule has 0 saturated carbocycles. The number of rotatable bonds is 2. The van der Waals surface area contributed by atoms with Crippen LogP contribution < -0.4 is 5.48 Å². The second kappa shape index (κ2) is 3.98. The Labute approximate surface area is 78.5 Å². The standard InChI is InChI=1S/C8H9BrFNO/c1-5(11-12)7-3-2-6(9)4-8(7)10/h2-5,11-12H,1H3/t5-/m0/s1. The Morgan fingerprint density at radius 3 is 2.75 bits per heavy atom. The van der Waals surface area contributed by atoms with Gasteiger partial charge < -0.3 is 5.21 Å². The lowest BCUT2D eigenvalue weighted by Crippen LogP contribution is -2.14. The fourth-order valence-corrected chi connectivity index (χ4v) is 1.26. The third-order valence-corrected chi connectivity index (χ3v) is 2.12. The van der Waals surface area contributed by atoms with Gasteiger partial charge in [0.15, 0.2) is 0 Å². The molecular formula is C8H9BrFNO. The predicted molar refractivity (Wildman–Crippen MR) is 47.4 cm³/mol. The molecule has 0 radical (unpaired) electrons. The van der Waals surface area contributed by atoms with Crippen molar-refractivity contribution in [3.8, 4) is 0 Å². The zero-order valence-electron chi connectivity index (χ0n) is 6.51. The number of nitrogens with one attached hydrogen (secondary N) is 1. The number of hydrogen-bond donors (Lipinski definition) is 2. The van der Waals surface area contributed by atoms with Crippen LogP contribution in [0.1, 0.15) is 18.5 Å². The highest BCUT2D eigenvalue weighted by Crippen LogP contribution is 2.20.